The van der Waals surface area contributed by atoms with E-state index in [1.807, 2.05) is 11.3 Å². The second-order valence-electron chi connectivity index (χ2n) is 13.4. The van der Waals surface area contributed by atoms with Crippen LogP contribution in [0.2, 0.25) is 0 Å². The first kappa shape index (κ1) is 25.8. The fourth-order valence-electron chi connectivity index (χ4n) is 7.82. The van der Waals surface area contributed by atoms with Crippen molar-refractivity contribution in [3.63, 3.8) is 0 Å². The Morgan fingerprint density at radius 2 is 1.09 bits per heavy atom. The van der Waals surface area contributed by atoms with E-state index in [4.69, 9.17) is 0 Å². The molecule has 2 aromatic heterocycles. The van der Waals surface area contributed by atoms with Crippen molar-refractivity contribution in [1.29, 1.82) is 0 Å². The molecule has 0 bridgehead atoms. The summed E-state index contributed by atoms with van der Waals surface area (Å²) in [5.41, 5.74) is 11.7. The molecule has 0 N–H and O–H groups in total. The van der Waals surface area contributed by atoms with Gasteiger partial charge in [-0.05, 0) is 81.3 Å². The number of thiophene rings is 1. The molecule has 1 nitrogen and oxygen atoms in total. The number of hydrogen-bond acceptors (Lipinski definition) is 1. The molecule has 0 spiro atoms. The Morgan fingerprint density at radius 1 is 0.500 bits per heavy atom. The number of fused-ring (bicyclic) bond motifs is 10. The highest BCUT2D eigenvalue weighted by Crippen LogP contribution is 2.57. The van der Waals surface area contributed by atoms with Crippen LogP contribution in [0.1, 0.15) is 38.8 Å². The molecule has 0 amide bonds. The van der Waals surface area contributed by atoms with Gasteiger partial charge in [-0.25, -0.2) is 0 Å². The molecule has 44 heavy (non-hydrogen) atoms. The van der Waals surface area contributed by atoms with E-state index < -0.39 is 0 Å². The quantitative estimate of drug-likeness (QED) is 0.191. The monoisotopic (exact) mass is 583 g/mol. The lowest BCUT2D eigenvalue weighted by Crippen LogP contribution is -2.43. The van der Waals surface area contributed by atoms with Crippen LogP contribution in [-0.2, 0) is 10.8 Å². The summed E-state index contributed by atoms with van der Waals surface area (Å²) >= 11 is 1.92. The Balaban J connectivity index is 1.19. The number of rotatable bonds is 2. The van der Waals surface area contributed by atoms with Crippen LogP contribution in [0.3, 0.4) is 0 Å². The molecule has 0 atom stereocenters. The molecule has 0 fully saturated rings. The predicted molar refractivity (Wildman–Crippen MR) is 191 cm³/mol. The van der Waals surface area contributed by atoms with E-state index >= 15 is 0 Å². The first-order valence-electron chi connectivity index (χ1n) is 15.5. The van der Waals surface area contributed by atoms with E-state index in [0.717, 1.165) is 0 Å². The highest BCUT2D eigenvalue weighted by molar-refractivity contribution is 7.25. The third-order valence-corrected chi connectivity index (χ3v) is 11.9. The van der Waals surface area contributed by atoms with Crippen molar-refractivity contribution in [2.45, 2.75) is 38.5 Å². The van der Waals surface area contributed by atoms with Crippen LogP contribution in [0.15, 0.2) is 127 Å². The van der Waals surface area contributed by atoms with Crippen molar-refractivity contribution in [3.8, 4) is 27.9 Å². The van der Waals surface area contributed by atoms with Gasteiger partial charge in [0.2, 0.25) is 0 Å². The minimum absolute atomic E-state index is 0.0578. The van der Waals surface area contributed by atoms with E-state index in [1.165, 1.54) is 81.0 Å². The largest absolute Gasteiger partial charge is 0.309 e. The van der Waals surface area contributed by atoms with E-state index in [-0.39, 0.29) is 10.8 Å². The molecule has 0 saturated heterocycles. The Morgan fingerprint density at radius 3 is 1.80 bits per heavy atom. The molecule has 0 aliphatic heterocycles. The SMILES string of the molecule is CC1(C)c2cc(-c3ccc(-n4c5ccccc5c5ccccc54)cc3)ccc2-c2ccc3sc4ccccc4c3c2C1(C)C. The minimum Gasteiger partial charge on any atom is -0.309 e. The third kappa shape index (κ3) is 3.35. The Labute approximate surface area is 262 Å². The highest BCUT2D eigenvalue weighted by Gasteiger charge is 2.47. The summed E-state index contributed by atoms with van der Waals surface area (Å²) in [5, 5.41) is 5.41. The predicted octanol–water partition coefficient (Wildman–Crippen LogP) is 12.1. The second-order valence-corrected chi connectivity index (χ2v) is 14.5. The first-order valence-corrected chi connectivity index (χ1v) is 16.3. The van der Waals surface area contributed by atoms with E-state index in [2.05, 4.69) is 160 Å². The fraction of sp³-hybridized carbons (Fsp3) is 0.143. The van der Waals surface area contributed by atoms with Crippen LogP contribution in [0.5, 0.6) is 0 Å². The summed E-state index contributed by atoms with van der Waals surface area (Å²) in [7, 11) is 0. The zero-order chi connectivity index (χ0) is 29.8. The average Bonchev–Trinajstić information content (AvgIpc) is 3.59. The molecule has 0 radical (unpaired) electrons. The van der Waals surface area contributed by atoms with Gasteiger partial charge in [-0.2, -0.15) is 0 Å². The number of hydrogen-bond donors (Lipinski definition) is 0. The lowest BCUT2D eigenvalue weighted by Gasteiger charge is -2.49. The fourth-order valence-corrected chi connectivity index (χ4v) is 8.93. The molecule has 8 aromatic rings. The number of benzene rings is 6. The summed E-state index contributed by atoms with van der Waals surface area (Å²) in [6.07, 6.45) is 0. The number of aromatic nitrogens is 1. The average molecular weight is 584 g/mol. The van der Waals surface area contributed by atoms with Gasteiger partial charge in [-0.1, -0.05) is 113 Å². The summed E-state index contributed by atoms with van der Waals surface area (Å²) in [6, 6.07) is 47.3. The van der Waals surface area contributed by atoms with Crippen molar-refractivity contribution in [3.05, 3.63) is 139 Å². The zero-order valence-electron chi connectivity index (χ0n) is 25.5. The van der Waals surface area contributed by atoms with Crippen LogP contribution >= 0.6 is 11.3 Å². The molecule has 0 saturated carbocycles. The molecule has 2 heterocycles. The van der Waals surface area contributed by atoms with Crippen LogP contribution in [0, 0.1) is 0 Å². The zero-order valence-corrected chi connectivity index (χ0v) is 26.3. The van der Waals surface area contributed by atoms with Gasteiger partial charge in [-0.3, -0.25) is 0 Å². The lowest BCUT2D eigenvalue weighted by atomic mass is 9.54. The van der Waals surface area contributed by atoms with Gasteiger partial charge in [0.1, 0.15) is 0 Å². The standard InChI is InChI=1S/C42H33NS/c1-41(2)34-25-27(26-17-20-28(21-18-26)43-35-14-8-5-11-30(35)31-12-6-9-15-36(31)43)19-22-29(34)32-23-24-38-39(40(32)42(41,3)4)33-13-7-10-16-37(33)44-38/h5-25H,1-4H3. The Kier molecular flexibility index (Phi) is 5.24. The molecule has 9 rings (SSSR count). The molecule has 212 valence electrons. The second kappa shape index (κ2) is 8.94. The molecule has 0 unspecified atom stereocenters. The van der Waals surface area contributed by atoms with Crippen LogP contribution in [0.25, 0.3) is 69.9 Å². The Bertz CT molecular complexity index is 2380. The normalized spacial score (nSPS) is 15.2. The highest BCUT2D eigenvalue weighted by atomic mass is 32.1. The molecule has 2 heteroatoms. The van der Waals surface area contributed by atoms with Gasteiger partial charge >= 0.3 is 0 Å². The van der Waals surface area contributed by atoms with Gasteiger partial charge in [0, 0.05) is 42.0 Å². The van der Waals surface area contributed by atoms with E-state index in [0.29, 0.717) is 0 Å². The lowest BCUT2D eigenvalue weighted by molar-refractivity contribution is 0.301. The summed E-state index contributed by atoms with van der Waals surface area (Å²) < 4.78 is 5.14. The third-order valence-electron chi connectivity index (χ3n) is 10.8. The van der Waals surface area contributed by atoms with Crippen molar-refractivity contribution in [1.82, 2.24) is 4.57 Å². The van der Waals surface area contributed by atoms with Gasteiger partial charge in [0.15, 0.2) is 0 Å². The first-order chi connectivity index (χ1) is 21.3. The van der Waals surface area contributed by atoms with Crippen molar-refractivity contribution in [2.75, 3.05) is 0 Å². The topological polar surface area (TPSA) is 4.93 Å². The van der Waals surface area contributed by atoms with Crippen molar-refractivity contribution < 1.29 is 0 Å². The van der Waals surface area contributed by atoms with Gasteiger partial charge in [0.25, 0.3) is 0 Å². The van der Waals surface area contributed by atoms with Crippen LogP contribution in [-0.4, -0.2) is 4.57 Å². The molecular weight excluding hydrogens is 551 g/mol. The maximum absolute atomic E-state index is 2.46. The van der Waals surface area contributed by atoms with Crippen LogP contribution < -0.4 is 0 Å². The van der Waals surface area contributed by atoms with Gasteiger partial charge < -0.3 is 4.57 Å². The maximum Gasteiger partial charge on any atom is 0.0541 e. The number of para-hydroxylation sites is 2. The van der Waals surface area contributed by atoms with Gasteiger partial charge in [0.05, 0.1) is 11.0 Å². The van der Waals surface area contributed by atoms with E-state index in [9.17, 15) is 0 Å². The van der Waals surface area contributed by atoms with Crippen LogP contribution in [0.4, 0.5) is 0 Å². The maximum atomic E-state index is 2.46. The summed E-state index contributed by atoms with van der Waals surface area (Å²) in [4.78, 5) is 0. The van der Waals surface area contributed by atoms with E-state index in [1.54, 1.807) is 0 Å². The number of nitrogens with zero attached hydrogens (tertiary/aromatic N) is 1. The molecule has 1 aliphatic carbocycles. The Hall–Kier alpha value is -4.66. The summed E-state index contributed by atoms with van der Waals surface area (Å²) in [6.45, 7) is 9.79. The molecule has 1 aliphatic rings. The van der Waals surface area contributed by atoms with Crippen molar-refractivity contribution >= 4 is 53.3 Å². The van der Waals surface area contributed by atoms with Gasteiger partial charge in [-0.15, -0.1) is 11.3 Å². The minimum atomic E-state index is -0.0639. The smallest absolute Gasteiger partial charge is 0.0541 e. The van der Waals surface area contributed by atoms with Crippen molar-refractivity contribution in [2.24, 2.45) is 0 Å². The molecule has 6 aromatic carbocycles. The summed E-state index contributed by atoms with van der Waals surface area (Å²) in [5.74, 6) is 0. The molecular formula is C42H33NS.